The van der Waals surface area contributed by atoms with Gasteiger partial charge in [0.15, 0.2) is 17.3 Å². The van der Waals surface area contributed by atoms with E-state index in [0.29, 0.717) is 35.6 Å². The number of aromatic nitrogens is 1. The largest absolute Gasteiger partial charge is 0.504 e. The van der Waals surface area contributed by atoms with E-state index in [0.717, 1.165) is 16.8 Å². The molecule has 5 rings (SSSR count). The third-order valence-corrected chi connectivity index (χ3v) is 5.86. The molecule has 0 unspecified atom stereocenters. The number of carbonyl (C=O) groups is 1. The summed E-state index contributed by atoms with van der Waals surface area (Å²) < 4.78 is 5.50. The van der Waals surface area contributed by atoms with Crippen LogP contribution in [0.3, 0.4) is 0 Å². The van der Waals surface area contributed by atoms with Gasteiger partial charge in [-0.1, -0.05) is 41.6 Å². The number of benzene rings is 2. The molecule has 6 heteroatoms. The van der Waals surface area contributed by atoms with Gasteiger partial charge in [-0.05, 0) is 42.5 Å². The Morgan fingerprint density at radius 1 is 1.03 bits per heavy atom. The lowest BCUT2D eigenvalue weighted by Gasteiger charge is -2.34. The quantitative estimate of drug-likeness (QED) is 0.565. The number of nitrogens with one attached hydrogen (secondary N) is 1. The Hall–Kier alpha value is -3.54. The summed E-state index contributed by atoms with van der Waals surface area (Å²) >= 11 is 0. The van der Waals surface area contributed by atoms with Gasteiger partial charge in [-0.2, -0.15) is 0 Å². The van der Waals surface area contributed by atoms with Crippen LogP contribution in [0, 0.1) is 6.92 Å². The molecule has 2 heterocycles. The average Bonchev–Trinajstić information content (AvgIpc) is 3.09. The maximum absolute atomic E-state index is 13.3. The molecular formula is C23H20N2O4. The number of carbonyl (C=O) groups excluding carboxylic acids is 1. The second-order valence-corrected chi connectivity index (χ2v) is 7.65. The Kier molecular flexibility index (Phi) is 3.94. The molecule has 0 radical (unpaired) electrons. The van der Waals surface area contributed by atoms with Gasteiger partial charge >= 0.3 is 0 Å². The molecule has 1 aliphatic heterocycles. The molecule has 0 spiro atoms. The number of rotatable bonds is 2. The monoisotopic (exact) mass is 388 g/mol. The van der Waals surface area contributed by atoms with Crippen molar-refractivity contribution in [2.45, 2.75) is 31.6 Å². The lowest BCUT2D eigenvalue weighted by atomic mass is 9.72. The van der Waals surface area contributed by atoms with Crippen LogP contribution in [-0.4, -0.2) is 21.2 Å². The van der Waals surface area contributed by atoms with Gasteiger partial charge in [0.1, 0.15) is 0 Å². The topological polar surface area (TPSA) is 95.6 Å². The number of ketones is 1. The van der Waals surface area contributed by atoms with Gasteiger partial charge in [0.25, 0.3) is 0 Å². The second-order valence-electron chi connectivity index (χ2n) is 7.65. The van der Waals surface area contributed by atoms with Gasteiger partial charge in [0, 0.05) is 23.6 Å². The highest BCUT2D eigenvalue weighted by Gasteiger charge is 2.41. The van der Waals surface area contributed by atoms with Crippen LogP contribution < -0.4 is 5.32 Å². The summed E-state index contributed by atoms with van der Waals surface area (Å²) in [5.74, 6) is -0.128. The van der Waals surface area contributed by atoms with Crippen LogP contribution in [0.4, 0.5) is 5.88 Å². The lowest BCUT2D eigenvalue weighted by Crippen LogP contribution is -2.29. The molecule has 2 atom stereocenters. The number of nitrogens with zero attached hydrogens (tertiary/aromatic N) is 1. The Labute approximate surface area is 167 Å². The summed E-state index contributed by atoms with van der Waals surface area (Å²) in [6, 6.07) is 14.7. The van der Waals surface area contributed by atoms with E-state index in [1.165, 1.54) is 12.1 Å². The zero-order valence-corrected chi connectivity index (χ0v) is 15.8. The van der Waals surface area contributed by atoms with E-state index < -0.39 is 5.92 Å². The minimum absolute atomic E-state index is 0.0661. The summed E-state index contributed by atoms with van der Waals surface area (Å²) in [6.07, 6.45) is 1.11. The molecule has 0 saturated heterocycles. The van der Waals surface area contributed by atoms with E-state index in [2.05, 4.69) is 10.5 Å². The van der Waals surface area contributed by atoms with E-state index >= 15 is 0 Å². The van der Waals surface area contributed by atoms with Crippen LogP contribution >= 0.6 is 0 Å². The highest BCUT2D eigenvalue weighted by atomic mass is 16.5. The van der Waals surface area contributed by atoms with Crippen LogP contribution in [0.15, 0.2) is 64.3 Å². The maximum atomic E-state index is 13.3. The Morgan fingerprint density at radius 2 is 1.83 bits per heavy atom. The zero-order chi connectivity index (χ0) is 20.1. The fraction of sp³-hybridized carbons (Fsp3) is 0.217. The summed E-state index contributed by atoms with van der Waals surface area (Å²) in [5.41, 5.74) is 4.84. The van der Waals surface area contributed by atoms with Crippen molar-refractivity contribution >= 4 is 11.7 Å². The smallest absolute Gasteiger partial charge is 0.233 e. The number of aryl methyl sites for hydroxylation is 1. The van der Waals surface area contributed by atoms with Crippen LogP contribution in [0.5, 0.6) is 11.5 Å². The predicted molar refractivity (Wildman–Crippen MR) is 107 cm³/mol. The first kappa shape index (κ1) is 17.6. The van der Waals surface area contributed by atoms with Crippen molar-refractivity contribution in [2.75, 3.05) is 5.32 Å². The molecule has 1 aromatic heterocycles. The zero-order valence-electron chi connectivity index (χ0n) is 15.8. The molecule has 146 valence electrons. The highest BCUT2D eigenvalue weighted by molar-refractivity contribution is 6.01. The van der Waals surface area contributed by atoms with Crippen molar-refractivity contribution in [3.63, 3.8) is 0 Å². The average molecular weight is 388 g/mol. The number of phenolic OH excluding ortho intramolecular Hbond substituents is 2. The van der Waals surface area contributed by atoms with Crippen LogP contribution in [0.25, 0.3) is 0 Å². The molecule has 29 heavy (non-hydrogen) atoms. The van der Waals surface area contributed by atoms with E-state index in [-0.39, 0.29) is 23.2 Å². The molecule has 3 N–H and O–H groups in total. The van der Waals surface area contributed by atoms with Crippen molar-refractivity contribution in [3.8, 4) is 11.5 Å². The van der Waals surface area contributed by atoms with Crippen molar-refractivity contribution in [1.82, 2.24) is 5.16 Å². The Bertz CT molecular complexity index is 1150. The standard InChI is InChI=1S/C23H20N2O4/c1-12-20-21(14-7-8-17(26)18(27)10-14)22-16(24-23(20)29-25-12)9-15(11-19(22)28)13-5-3-2-4-6-13/h2-8,10,15,21,24,26-27H,9,11H2,1H3/t15-,21-/m1/s1. The second kappa shape index (κ2) is 6.51. The SMILES string of the molecule is Cc1noc2c1[C@@H](c1ccc(O)c(O)c1)C1=C(C[C@@H](c3ccccc3)CC1=O)N2. The van der Waals surface area contributed by atoms with E-state index in [1.54, 1.807) is 6.07 Å². The summed E-state index contributed by atoms with van der Waals surface area (Å²) in [4.78, 5) is 13.3. The third kappa shape index (κ3) is 2.79. The molecule has 1 aliphatic carbocycles. The van der Waals surface area contributed by atoms with Gasteiger partial charge in [-0.15, -0.1) is 0 Å². The van der Waals surface area contributed by atoms with Crippen molar-refractivity contribution in [2.24, 2.45) is 0 Å². The minimum Gasteiger partial charge on any atom is -0.504 e. The van der Waals surface area contributed by atoms with Crippen LogP contribution in [0.2, 0.25) is 0 Å². The van der Waals surface area contributed by atoms with Gasteiger partial charge < -0.3 is 20.1 Å². The lowest BCUT2D eigenvalue weighted by molar-refractivity contribution is -0.116. The molecular weight excluding hydrogens is 368 g/mol. The van der Waals surface area contributed by atoms with E-state index in [4.69, 9.17) is 4.52 Å². The Balaban J connectivity index is 1.64. The number of allylic oxidation sites excluding steroid dienone is 2. The van der Waals surface area contributed by atoms with Gasteiger partial charge in [-0.25, -0.2) is 0 Å². The number of fused-ring (bicyclic) bond motifs is 1. The Morgan fingerprint density at radius 3 is 2.59 bits per heavy atom. The predicted octanol–water partition coefficient (Wildman–Crippen LogP) is 4.35. The van der Waals surface area contributed by atoms with Gasteiger partial charge in [0.2, 0.25) is 5.88 Å². The molecule has 0 amide bonds. The third-order valence-electron chi connectivity index (χ3n) is 5.86. The highest BCUT2D eigenvalue weighted by Crippen LogP contribution is 2.49. The number of phenols is 2. The summed E-state index contributed by atoms with van der Waals surface area (Å²) in [6.45, 7) is 1.84. The van der Waals surface area contributed by atoms with Crippen LogP contribution in [-0.2, 0) is 4.79 Å². The first-order chi connectivity index (χ1) is 14.0. The van der Waals surface area contributed by atoms with Crippen molar-refractivity contribution in [1.29, 1.82) is 0 Å². The van der Waals surface area contributed by atoms with Gasteiger partial charge in [0.05, 0.1) is 11.3 Å². The van der Waals surface area contributed by atoms with Gasteiger partial charge in [-0.3, -0.25) is 4.79 Å². The first-order valence-corrected chi connectivity index (χ1v) is 9.59. The molecule has 0 bridgehead atoms. The summed E-state index contributed by atoms with van der Waals surface area (Å²) in [7, 11) is 0. The van der Waals surface area contributed by atoms with Crippen molar-refractivity contribution < 1.29 is 19.5 Å². The fourth-order valence-corrected chi connectivity index (χ4v) is 4.49. The number of anilines is 1. The van der Waals surface area contributed by atoms with Crippen LogP contribution in [0.1, 0.15) is 47.1 Å². The number of hydrogen-bond acceptors (Lipinski definition) is 6. The minimum atomic E-state index is -0.400. The van der Waals surface area contributed by atoms with E-state index in [9.17, 15) is 15.0 Å². The molecule has 2 aliphatic rings. The molecule has 0 fully saturated rings. The molecule has 2 aromatic carbocycles. The fourth-order valence-electron chi connectivity index (χ4n) is 4.49. The summed E-state index contributed by atoms with van der Waals surface area (Å²) in [5, 5.41) is 27.2. The normalized spacial score (nSPS) is 20.8. The molecule has 0 saturated carbocycles. The number of hydrogen-bond donors (Lipinski definition) is 3. The molecule has 6 nitrogen and oxygen atoms in total. The van der Waals surface area contributed by atoms with E-state index in [1.807, 2.05) is 37.3 Å². The first-order valence-electron chi connectivity index (χ1n) is 9.59. The van der Waals surface area contributed by atoms with Crippen molar-refractivity contribution in [3.05, 3.63) is 82.2 Å². The maximum Gasteiger partial charge on any atom is 0.233 e. The number of aromatic hydroxyl groups is 2. The number of Topliss-reactive ketones (excluding diaryl/α,β-unsaturated/α-hetero) is 1. The molecule has 3 aromatic rings.